The fraction of sp³-hybridized carbons (Fsp3) is 0.217. The Morgan fingerprint density at radius 2 is 1.17 bits per heavy atom. The van der Waals surface area contributed by atoms with Crippen LogP contribution in [0, 0.1) is 15.1 Å². The van der Waals surface area contributed by atoms with Crippen LogP contribution in [0.2, 0.25) is 0 Å². The summed E-state index contributed by atoms with van der Waals surface area (Å²) in [6.07, 6.45) is -1.77. The molecule has 1 aliphatic rings. The second kappa shape index (κ2) is 20.5. The minimum atomic E-state index is -1.77. The molecule has 0 bridgehead atoms. The summed E-state index contributed by atoms with van der Waals surface area (Å²) in [6, 6.07) is 59.3. The third-order valence-corrected chi connectivity index (χ3v) is 16.3. The molecule has 0 saturated carbocycles. The molecule has 0 spiro atoms. The molecule has 0 N–H and O–H groups in total. The van der Waals surface area contributed by atoms with Gasteiger partial charge in [0.1, 0.15) is 0 Å². The average Bonchev–Trinajstić information content (AvgIpc) is 1.49. The summed E-state index contributed by atoms with van der Waals surface area (Å²) in [7, 11) is 0. The predicted molar refractivity (Wildman–Crippen MR) is 320 cm³/mol. The van der Waals surface area contributed by atoms with E-state index in [0.717, 1.165) is 65.3 Å². The van der Waals surface area contributed by atoms with Crippen molar-refractivity contribution < 1.29 is 33.7 Å². The van der Waals surface area contributed by atoms with Crippen molar-refractivity contribution in [2.45, 2.75) is 86.4 Å². The first-order valence-corrected chi connectivity index (χ1v) is 27.6. The number of aromatic nitrogens is 3. The van der Waals surface area contributed by atoms with E-state index in [1.807, 2.05) is 111 Å². The predicted octanol–water partition coefficient (Wildman–Crippen LogP) is 17.5. The average molecular weight is 1200 g/mol. The number of hydrogen-bond donors (Lipinski definition) is 0. The van der Waals surface area contributed by atoms with Crippen molar-refractivity contribution in [2.24, 2.45) is 11.3 Å². The molecular weight excluding hydrogens is 1120 g/mol. The number of para-hydroxylation sites is 5. The number of pyridine rings is 1. The fourth-order valence-corrected chi connectivity index (χ4v) is 11.5. The number of ether oxygens (including phenoxy) is 1. The van der Waals surface area contributed by atoms with Crippen LogP contribution in [0.1, 0.15) is 95.5 Å². The van der Waals surface area contributed by atoms with Gasteiger partial charge in [-0.15, -0.1) is 0 Å². The molecule has 77 heavy (non-hydrogen) atoms. The number of nitrogens with zero attached hydrogens (tertiary/aromatic N) is 5. The standard InChI is InChI=1S/C69H68BN5O.Pt/c1-48(2)41-49-42-64(75-63-36-23-22-35-62(63)74(55-29-18-13-19-30-55)70(75)54-27-16-12-17-28-54)71-65(43-49)76-57-32-24-31-56(46-57)72-47-73(61-34-21-20-33-60(61)72)66-58(50-25-14-11-15-26-50)44-53(69(9,10)68(6,7)8)45-59(66)51-37-39-52(40-38-51)67(3,4)5;/h11-40,42-46,48H,41H2,1-10H3;/i11D,14D,15D,25D,26D,41D2;. The third kappa shape index (κ3) is 9.85. The van der Waals surface area contributed by atoms with E-state index < -0.39 is 36.9 Å². The van der Waals surface area contributed by atoms with Crippen LogP contribution in [0.4, 0.5) is 22.9 Å². The zero-order valence-electron chi connectivity index (χ0n) is 52.4. The van der Waals surface area contributed by atoms with Crippen LogP contribution in [0.25, 0.3) is 44.7 Å². The Morgan fingerprint density at radius 3 is 1.81 bits per heavy atom. The Morgan fingerprint density at radius 1 is 0.584 bits per heavy atom. The molecule has 11 rings (SSSR count). The fourth-order valence-electron chi connectivity index (χ4n) is 10.4. The summed E-state index contributed by atoms with van der Waals surface area (Å²) in [5.74, 6) is 0.819. The summed E-state index contributed by atoms with van der Waals surface area (Å²) in [6.45, 7) is 21.0. The number of benzene rings is 8. The van der Waals surface area contributed by atoms with Gasteiger partial charge in [-0.1, -0.05) is 60.7 Å². The molecule has 2 aromatic heterocycles. The van der Waals surface area contributed by atoms with Gasteiger partial charge in [-0.25, -0.2) is 0 Å². The van der Waals surface area contributed by atoms with Crippen molar-refractivity contribution in [1.29, 1.82) is 0 Å². The minimum absolute atomic E-state index is 0.113. The van der Waals surface area contributed by atoms with Crippen molar-refractivity contribution >= 4 is 46.4 Å². The van der Waals surface area contributed by atoms with Crippen LogP contribution >= 0.6 is 0 Å². The first-order chi connectivity index (χ1) is 39.8. The van der Waals surface area contributed by atoms with E-state index in [1.165, 1.54) is 0 Å². The van der Waals surface area contributed by atoms with Crippen molar-refractivity contribution in [2.75, 3.05) is 9.62 Å². The van der Waals surface area contributed by atoms with Gasteiger partial charge in [0.05, 0.1) is 0 Å². The summed E-state index contributed by atoms with van der Waals surface area (Å²) in [5, 5.41) is 0. The summed E-state index contributed by atoms with van der Waals surface area (Å²) >= 11 is 2.35. The molecule has 0 radical (unpaired) electrons. The molecule has 0 aliphatic carbocycles. The quantitative estimate of drug-likeness (QED) is 0.114. The van der Waals surface area contributed by atoms with E-state index in [1.54, 1.807) is 6.07 Å². The SMILES string of the molecule is [2H]c1c([2H])c([2H])c(-c2cc(C(C)(C)C(C)(C)C)cc(-c3ccc(C(C)(C)C)cc3)c2-n2[c](=[Pt])n(-c3cccc(Oc4cc(C([2H])([2H])C(C)C)cc(N5B(c6ccccc6)N(c6ccccc6)c6ccccc65)n4)c3)c3ccccc32)c([2H])c1[2H]. The second-order valence-electron chi connectivity index (χ2n) is 22.8. The van der Waals surface area contributed by atoms with E-state index in [9.17, 15) is 5.48 Å². The molecule has 6 nitrogen and oxygen atoms in total. The monoisotopic (exact) mass is 1200 g/mol. The Balaban J connectivity index is 1.12. The number of imidazole rings is 1. The van der Waals surface area contributed by atoms with Crippen LogP contribution in [0.15, 0.2) is 212 Å². The van der Waals surface area contributed by atoms with Crippen molar-refractivity contribution in [3.63, 3.8) is 0 Å². The van der Waals surface area contributed by atoms with Gasteiger partial charge in [-0.3, -0.25) is 0 Å². The van der Waals surface area contributed by atoms with Crippen LogP contribution in [-0.4, -0.2) is 21.1 Å². The molecule has 3 heterocycles. The second-order valence-corrected chi connectivity index (χ2v) is 23.8. The Kier molecular flexibility index (Phi) is 11.6. The van der Waals surface area contributed by atoms with Gasteiger partial charge in [0.25, 0.3) is 0 Å². The van der Waals surface area contributed by atoms with Gasteiger partial charge in [0, 0.05) is 5.69 Å². The molecule has 8 heteroatoms. The number of anilines is 4. The van der Waals surface area contributed by atoms with E-state index in [0.29, 0.717) is 28.4 Å². The number of fused-ring (bicyclic) bond motifs is 2. The van der Waals surface area contributed by atoms with Crippen molar-refractivity contribution in [1.82, 2.24) is 14.1 Å². The van der Waals surface area contributed by atoms with E-state index in [-0.39, 0.29) is 40.3 Å². The van der Waals surface area contributed by atoms with Crippen molar-refractivity contribution in [3.8, 4) is 45.3 Å². The topological polar surface area (TPSA) is 38.5 Å². The van der Waals surface area contributed by atoms with Crippen LogP contribution in [0.3, 0.4) is 0 Å². The zero-order valence-corrected chi connectivity index (χ0v) is 47.7. The Hall–Kier alpha value is -7.47. The molecule has 388 valence electrons. The molecule has 0 saturated heterocycles. The number of hydrogen-bond acceptors (Lipinski definition) is 4. The molecule has 0 atom stereocenters. The molecule has 0 fully saturated rings. The van der Waals surface area contributed by atoms with Crippen LogP contribution in [-0.2, 0) is 36.6 Å². The van der Waals surface area contributed by atoms with E-state index in [2.05, 4.69) is 172 Å². The van der Waals surface area contributed by atoms with E-state index in [4.69, 9.17) is 13.8 Å². The summed E-state index contributed by atoms with van der Waals surface area (Å²) in [5.41, 5.74) is 11.1. The Bertz CT molecular complexity index is 4200. The number of rotatable bonds is 12. The molecule has 8 aromatic carbocycles. The molecular formula is C69H68BN5OPt. The maximum absolute atomic E-state index is 9.55. The first-order valence-electron chi connectivity index (χ1n) is 29.9. The molecule has 10 aromatic rings. The first kappa shape index (κ1) is 43.6. The Labute approximate surface area is 477 Å². The molecule has 1 aliphatic heterocycles. The van der Waals surface area contributed by atoms with Gasteiger partial charge in [-0.05, 0) is 18.2 Å². The van der Waals surface area contributed by atoms with Gasteiger partial charge in [0.15, 0.2) is 0 Å². The van der Waals surface area contributed by atoms with Crippen LogP contribution < -0.4 is 19.8 Å². The van der Waals surface area contributed by atoms with Crippen LogP contribution in [0.5, 0.6) is 11.6 Å². The van der Waals surface area contributed by atoms with Gasteiger partial charge >= 0.3 is 395 Å². The maximum atomic E-state index is 9.55. The summed E-state index contributed by atoms with van der Waals surface area (Å²) in [4.78, 5) is 9.77. The zero-order chi connectivity index (χ0) is 59.9. The normalized spacial score (nSPS) is 14.5. The van der Waals surface area contributed by atoms with E-state index >= 15 is 0 Å². The molecule has 0 unspecified atom stereocenters. The van der Waals surface area contributed by atoms with Gasteiger partial charge in [-0.2, -0.15) is 0 Å². The summed E-state index contributed by atoms with van der Waals surface area (Å²) < 4.78 is 76.8. The van der Waals surface area contributed by atoms with Gasteiger partial charge < -0.3 is 0 Å². The molecule has 0 amide bonds. The third-order valence-electron chi connectivity index (χ3n) is 15.3. The van der Waals surface area contributed by atoms with Gasteiger partial charge in [0.2, 0.25) is 0 Å². The van der Waals surface area contributed by atoms with Crippen molar-refractivity contribution in [3.05, 3.63) is 233 Å².